The van der Waals surface area contributed by atoms with Gasteiger partial charge in [0.05, 0.1) is 15.7 Å². The lowest BCUT2D eigenvalue weighted by Gasteiger charge is -2.16. The molecular formula is C34H24N4S. The zero-order valence-corrected chi connectivity index (χ0v) is 22.2. The van der Waals surface area contributed by atoms with Crippen molar-refractivity contribution in [2.45, 2.75) is 13.3 Å². The summed E-state index contributed by atoms with van der Waals surface area (Å²) >= 11 is 1.84. The summed E-state index contributed by atoms with van der Waals surface area (Å²) in [7, 11) is 0. The second-order valence-corrected chi connectivity index (χ2v) is 11.2. The number of rotatable bonds is 3. The van der Waals surface area contributed by atoms with Crippen LogP contribution in [0.25, 0.3) is 64.9 Å². The summed E-state index contributed by atoms with van der Waals surface area (Å²) in [6.45, 7) is 2.23. The Labute approximate surface area is 229 Å². The standard InChI is InChI=1S/C34H24N4S/c1-21-10-9-13-23(20-21)33-35-32(22-11-3-2-4-12-22)36-34(37-33)38-28-16-7-5-14-24(28)26-18-19-27-25-15-6-8-17-29(25)39-31(27)30(26)38/h2-19,21H,20H2,1H3. The van der Waals surface area contributed by atoms with E-state index in [1.54, 1.807) is 0 Å². The van der Waals surface area contributed by atoms with E-state index in [2.05, 4.69) is 103 Å². The molecule has 4 nitrogen and oxygen atoms in total. The summed E-state index contributed by atoms with van der Waals surface area (Å²) in [6, 6.07) is 32.0. The van der Waals surface area contributed by atoms with Gasteiger partial charge >= 0.3 is 0 Å². The van der Waals surface area contributed by atoms with Crippen molar-refractivity contribution in [3.05, 3.63) is 115 Å². The first-order chi connectivity index (χ1) is 19.2. The van der Waals surface area contributed by atoms with Gasteiger partial charge in [-0.25, -0.2) is 4.98 Å². The molecule has 39 heavy (non-hydrogen) atoms. The van der Waals surface area contributed by atoms with E-state index < -0.39 is 0 Å². The van der Waals surface area contributed by atoms with Crippen molar-refractivity contribution in [2.24, 2.45) is 5.92 Å². The topological polar surface area (TPSA) is 43.6 Å². The van der Waals surface area contributed by atoms with Crippen molar-refractivity contribution in [3.63, 3.8) is 0 Å². The van der Waals surface area contributed by atoms with Gasteiger partial charge in [-0.05, 0) is 30.0 Å². The summed E-state index contributed by atoms with van der Waals surface area (Å²) in [5.41, 5.74) is 4.37. The van der Waals surface area contributed by atoms with Crippen LogP contribution < -0.4 is 0 Å². The Morgan fingerprint density at radius 1 is 0.718 bits per heavy atom. The molecule has 1 aliphatic rings. The van der Waals surface area contributed by atoms with Crippen LogP contribution in [-0.4, -0.2) is 19.5 Å². The lowest BCUT2D eigenvalue weighted by Crippen LogP contribution is -2.09. The second-order valence-electron chi connectivity index (χ2n) is 10.2. The second kappa shape index (κ2) is 8.72. The number of fused-ring (bicyclic) bond motifs is 7. The molecule has 0 aliphatic heterocycles. The van der Waals surface area contributed by atoms with Gasteiger partial charge in [0.2, 0.25) is 5.95 Å². The molecular weight excluding hydrogens is 496 g/mol. The molecule has 1 atom stereocenters. The molecule has 7 aromatic rings. The fraction of sp³-hybridized carbons (Fsp3) is 0.0882. The number of allylic oxidation sites excluding steroid dienone is 4. The van der Waals surface area contributed by atoms with E-state index in [0.29, 0.717) is 17.7 Å². The van der Waals surface area contributed by atoms with Crippen LogP contribution in [0.15, 0.2) is 109 Å². The van der Waals surface area contributed by atoms with Crippen molar-refractivity contribution in [1.29, 1.82) is 0 Å². The highest BCUT2D eigenvalue weighted by molar-refractivity contribution is 7.26. The van der Waals surface area contributed by atoms with Gasteiger partial charge in [-0.1, -0.05) is 104 Å². The highest BCUT2D eigenvalue weighted by Crippen LogP contribution is 2.42. The van der Waals surface area contributed by atoms with E-state index in [0.717, 1.165) is 34.4 Å². The van der Waals surface area contributed by atoms with Crippen LogP contribution >= 0.6 is 11.3 Å². The average Bonchev–Trinajstić information content (AvgIpc) is 3.53. The molecule has 0 saturated carbocycles. The molecule has 0 amide bonds. The van der Waals surface area contributed by atoms with E-state index >= 15 is 0 Å². The fourth-order valence-corrected chi connectivity index (χ4v) is 7.01. The number of para-hydroxylation sites is 1. The van der Waals surface area contributed by atoms with E-state index in [9.17, 15) is 0 Å². The predicted octanol–water partition coefficient (Wildman–Crippen LogP) is 8.98. The van der Waals surface area contributed by atoms with Crippen LogP contribution in [0.3, 0.4) is 0 Å². The van der Waals surface area contributed by atoms with Gasteiger partial charge in [-0.3, -0.25) is 4.57 Å². The number of thiophene rings is 1. The first-order valence-corrected chi connectivity index (χ1v) is 14.1. The molecule has 0 fully saturated rings. The van der Waals surface area contributed by atoms with Crippen LogP contribution in [0.1, 0.15) is 19.2 Å². The minimum atomic E-state index is 0.441. The fourth-order valence-electron chi connectivity index (χ4n) is 5.77. The summed E-state index contributed by atoms with van der Waals surface area (Å²) in [4.78, 5) is 15.3. The summed E-state index contributed by atoms with van der Waals surface area (Å²) in [5, 5.41) is 4.95. The van der Waals surface area contributed by atoms with Gasteiger partial charge < -0.3 is 0 Å². The zero-order valence-electron chi connectivity index (χ0n) is 21.4. The van der Waals surface area contributed by atoms with Crippen molar-refractivity contribution in [3.8, 4) is 17.3 Å². The third kappa shape index (κ3) is 3.54. The smallest absolute Gasteiger partial charge is 0.238 e. The van der Waals surface area contributed by atoms with Crippen molar-refractivity contribution in [1.82, 2.24) is 19.5 Å². The molecule has 0 bridgehead atoms. The highest BCUT2D eigenvalue weighted by Gasteiger charge is 2.22. The molecule has 8 rings (SSSR count). The van der Waals surface area contributed by atoms with E-state index in [-0.39, 0.29) is 0 Å². The van der Waals surface area contributed by atoms with E-state index in [1.165, 1.54) is 30.9 Å². The Morgan fingerprint density at radius 3 is 2.33 bits per heavy atom. The van der Waals surface area contributed by atoms with Gasteiger partial charge in [0, 0.05) is 31.8 Å². The predicted molar refractivity (Wildman–Crippen MR) is 163 cm³/mol. The van der Waals surface area contributed by atoms with Crippen LogP contribution in [0.5, 0.6) is 0 Å². The van der Waals surface area contributed by atoms with Gasteiger partial charge in [0.1, 0.15) is 0 Å². The first-order valence-electron chi connectivity index (χ1n) is 13.3. The summed E-state index contributed by atoms with van der Waals surface area (Å²) in [5.74, 6) is 2.52. The molecule has 3 aromatic heterocycles. The van der Waals surface area contributed by atoms with Gasteiger partial charge in [-0.2, -0.15) is 9.97 Å². The van der Waals surface area contributed by atoms with Crippen molar-refractivity contribution >= 4 is 58.9 Å². The number of hydrogen-bond acceptors (Lipinski definition) is 4. The molecule has 0 saturated heterocycles. The van der Waals surface area contributed by atoms with Gasteiger partial charge in [0.25, 0.3) is 0 Å². The van der Waals surface area contributed by atoms with Gasteiger partial charge in [-0.15, -0.1) is 11.3 Å². The van der Waals surface area contributed by atoms with Crippen molar-refractivity contribution in [2.75, 3.05) is 0 Å². The molecule has 5 heteroatoms. The maximum absolute atomic E-state index is 5.16. The minimum absolute atomic E-state index is 0.441. The molecule has 3 heterocycles. The molecule has 0 N–H and O–H groups in total. The molecule has 1 unspecified atom stereocenters. The maximum Gasteiger partial charge on any atom is 0.238 e. The Kier molecular flexibility index (Phi) is 5.00. The van der Waals surface area contributed by atoms with E-state index in [1.807, 2.05) is 29.5 Å². The molecule has 186 valence electrons. The SMILES string of the molecule is CC1C=CC=C(c2nc(-c3ccccc3)nc(-n3c4ccccc4c4ccc5c6ccccc6sc5c43)n2)C1. The number of aromatic nitrogens is 4. The minimum Gasteiger partial charge on any atom is -0.276 e. The van der Waals surface area contributed by atoms with Crippen LogP contribution in [0.4, 0.5) is 0 Å². The lowest BCUT2D eigenvalue weighted by molar-refractivity contribution is 0.741. The molecule has 1 aliphatic carbocycles. The highest BCUT2D eigenvalue weighted by atomic mass is 32.1. The largest absolute Gasteiger partial charge is 0.276 e. The third-order valence-electron chi connectivity index (χ3n) is 7.60. The monoisotopic (exact) mass is 520 g/mol. The summed E-state index contributed by atoms with van der Waals surface area (Å²) in [6.07, 6.45) is 7.40. The van der Waals surface area contributed by atoms with Gasteiger partial charge in [0.15, 0.2) is 11.6 Å². The van der Waals surface area contributed by atoms with Crippen molar-refractivity contribution < 1.29 is 0 Å². The molecule has 4 aromatic carbocycles. The lowest BCUT2D eigenvalue weighted by atomic mass is 9.95. The van der Waals surface area contributed by atoms with Crippen LogP contribution in [0.2, 0.25) is 0 Å². The zero-order chi connectivity index (χ0) is 25.9. The Hall–Kier alpha value is -4.61. The average molecular weight is 521 g/mol. The molecule has 0 radical (unpaired) electrons. The summed E-state index contributed by atoms with van der Waals surface area (Å²) < 4.78 is 4.79. The Morgan fingerprint density at radius 2 is 1.46 bits per heavy atom. The number of hydrogen-bond donors (Lipinski definition) is 0. The number of benzene rings is 4. The normalized spacial score (nSPS) is 15.5. The quantitative estimate of drug-likeness (QED) is 0.233. The Balaban J connectivity index is 1.50. The van der Waals surface area contributed by atoms with Crippen LogP contribution in [-0.2, 0) is 0 Å². The molecule has 0 spiro atoms. The first kappa shape index (κ1) is 22.4. The Bertz CT molecular complexity index is 2110. The number of nitrogens with zero attached hydrogens (tertiary/aromatic N) is 4. The third-order valence-corrected chi connectivity index (χ3v) is 8.79. The maximum atomic E-state index is 5.16. The van der Waals surface area contributed by atoms with E-state index in [4.69, 9.17) is 15.0 Å². The van der Waals surface area contributed by atoms with Crippen LogP contribution in [0, 0.1) is 5.92 Å².